The Morgan fingerprint density at radius 2 is 1.44 bits per heavy atom. The minimum atomic E-state index is 0.464. The number of hydrogen-bond donors (Lipinski definition) is 0. The van der Waals surface area contributed by atoms with Crippen LogP contribution >= 0.6 is 0 Å². The van der Waals surface area contributed by atoms with Gasteiger partial charge in [0.1, 0.15) is 12.4 Å². The Hall–Kier alpha value is -4.35. The fourth-order valence-electron chi connectivity index (χ4n) is 4.01. The van der Waals surface area contributed by atoms with Crippen LogP contribution in [0.5, 0.6) is 5.75 Å². The van der Waals surface area contributed by atoms with Crippen molar-refractivity contribution in [2.75, 3.05) is 0 Å². The maximum atomic E-state index is 9.94. The van der Waals surface area contributed by atoms with Crippen molar-refractivity contribution in [2.45, 2.75) is 6.61 Å². The van der Waals surface area contributed by atoms with Crippen molar-refractivity contribution >= 4 is 33.2 Å². The number of nitriles is 1. The molecule has 0 spiro atoms. The van der Waals surface area contributed by atoms with Gasteiger partial charge in [0.25, 0.3) is 0 Å². The van der Waals surface area contributed by atoms with Gasteiger partial charge in [0.05, 0.1) is 11.6 Å². The van der Waals surface area contributed by atoms with Crippen LogP contribution in [-0.4, -0.2) is 0 Å². The summed E-state index contributed by atoms with van der Waals surface area (Å²) in [6.45, 7) is 0.464. The van der Waals surface area contributed by atoms with Crippen molar-refractivity contribution < 1.29 is 4.74 Å². The second-order valence-corrected chi connectivity index (χ2v) is 7.70. The van der Waals surface area contributed by atoms with E-state index < -0.39 is 0 Å². The van der Waals surface area contributed by atoms with Crippen molar-refractivity contribution in [3.05, 3.63) is 126 Å². The van der Waals surface area contributed by atoms with Crippen molar-refractivity contribution in [3.8, 4) is 11.8 Å². The number of rotatable bonds is 5. The lowest BCUT2D eigenvalue weighted by atomic mass is 9.97. The minimum absolute atomic E-state index is 0.464. The number of nitrogens with zero attached hydrogens (tertiary/aromatic N) is 1. The van der Waals surface area contributed by atoms with Crippen LogP contribution in [0.25, 0.3) is 33.2 Å². The summed E-state index contributed by atoms with van der Waals surface area (Å²) in [7, 11) is 0. The summed E-state index contributed by atoms with van der Waals surface area (Å²) < 4.78 is 6.19. The molecular weight excluding hydrogens is 390 g/mol. The van der Waals surface area contributed by atoms with Crippen LogP contribution in [0.3, 0.4) is 0 Å². The van der Waals surface area contributed by atoms with E-state index in [1.165, 1.54) is 10.8 Å². The number of fused-ring (bicyclic) bond motifs is 2. The molecule has 0 aromatic heterocycles. The largest absolute Gasteiger partial charge is 0.488 e. The second-order valence-electron chi connectivity index (χ2n) is 7.70. The molecule has 0 fully saturated rings. The molecule has 2 heteroatoms. The Kier molecular flexibility index (Phi) is 5.39. The molecule has 0 aliphatic rings. The first-order valence-corrected chi connectivity index (χ1v) is 10.6. The molecule has 0 radical (unpaired) electrons. The van der Waals surface area contributed by atoms with Gasteiger partial charge in [-0.15, -0.1) is 0 Å². The molecule has 5 aromatic carbocycles. The topological polar surface area (TPSA) is 33.0 Å². The van der Waals surface area contributed by atoms with E-state index in [4.69, 9.17) is 4.74 Å². The molecule has 5 rings (SSSR count). The molecule has 5 aromatic rings. The van der Waals surface area contributed by atoms with E-state index in [0.717, 1.165) is 33.2 Å². The SMILES string of the molecule is N#C/C(=C\c1ccccc1OCc1ccc2ccccc2c1)c1cccc2ccccc12. The number of hydrogen-bond acceptors (Lipinski definition) is 2. The van der Waals surface area contributed by atoms with Gasteiger partial charge < -0.3 is 4.74 Å². The number of benzene rings is 5. The van der Waals surface area contributed by atoms with Gasteiger partial charge >= 0.3 is 0 Å². The molecule has 0 unspecified atom stereocenters. The molecular formula is C30H21NO. The van der Waals surface area contributed by atoms with E-state index >= 15 is 0 Å². The van der Waals surface area contributed by atoms with E-state index in [1.807, 2.05) is 66.7 Å². The molecule has 0 saturated carbocycles. The molecule has 0 saturated heterocycles. The third-order valence-corrected chi connectivity index (χ3v) is 5.63. The van der Waals surface area contributed by atoms with E-state index in [9.17, 15) is 5.26 Å². The van der Waals surface area contributed by atoms with E-state index in [-0.39, 0.29) is 0 Å². The van der Waals surface area contributed by atoms with Crippen molar-refractivity contribution in [1.82, 2.24) is 0 Å². The van der Waals surface area contributed by atoms with Gasteiger partial charge in [0.2, 0.25) is 0 Å². The van der Waals surface area contributed by atoms with Crippen LogP contribution in [0.1, 0.15) is 16.7 Å². The first-order chi connectivity index (χ1) is 15.8. The summed E-state index contributed by atoms with van der Waals surface area (Å²) >= 11 is 0. The van der Waals surface area contributed by atoms with E-state index in [2.05, 4.69) is 54.6 Å². The zero-order valence-corrected chi connectivity index (χ0v) is 17.5. The highest BCUT2D eigenvalue weighted by Gasteiger charge is 2.09. The summed E-state index contributed by atoms with van der Waals surface area (Å²) in [6.07, 6.45) is 1.91. The van der Waals surface area contributed by atoms with Gasteiger partial charge in [-0.05, 0) is 45.3 Å². The lowest BCUT2D eigenvalue weighted by Crippen LogP contribution is -1.97. The highest BCUT2D eigenvalue weighted by molar-refractivity contribution is 6.02. The summed E-state index contributed by atoms with van der Waals surface area (Å²) in [5.41, 5.74) is 3.54. The molecule has 152 valence electrons. The van der Waals surface area contributed by atoms with Crippen molar-refractivity contribution in [2.24, 2.45) is 0 Å². The quantitative estimate of drug-likeness (QED) is 0.220. The Labute approximate surface area is 187 Å². The lowest BCUT2D eigenvalue weighted by Gasteiger charge is -2.11. The van der Waals surface area contributed by atoms with Gasteiger partial charge in [-0.1, -0.05) is 97.1 Å². The van der Waals surface area contributed by atoms with Crippen LogP contribution in [-0.2, 0) is 6.61 Å². The zero-order chi connectivity index (χ0) is 21.8. The highest BCUT2D eigenvalue weighted by atomic mass is 16.5. The standard InChI is InChI=1S/C30H21NO/c31-20-27(29-14-7-12-24-9-3-5-13-28(24)29)19-26-11-4-6-15-30(26)32-21-22-16-17-23-8-1-2-10-25(23)18-22/h1-19H,21H2/b27-19+. The second kappa shape index (κ2) is 8.79. The Morgan fingerprint density at radius 1 is 0.719 bits per heavy atom. The van der Waals surface area contributed by atoms with E-state index in [0.29, 0.717) is 12.2 Å². The van der Waals surface area contributed by atoms with E-state index in [1.54, 1.807) is 0 Å². The average Bonchev–Trinajstić information content (AvgIpc) is 2.86. The molecule has 0 amide bonds. The fourth-order valence-corrected chi connectivity index (χ4v) is 4.01. The maximum absolute atomic E-state index is 9.94. The van der Waals surface area contributed by atoms with Crippen LogP contribution in [0.4, 0.5) is 0 Å². The molecule has 0 N–H and O–H groups in total. The van der Waals surface area contributed by atoms with Gasteiger partial charge in [0.15, 0.2) is 0 Å². The average molecular weight is 412 g/mol. The van der Waals surface area contributed by atoms with Gasteiger partial charge in [-0.2, -0.15) is 5.26 Å². The molecule has 0 aliphatic heterocycles. The highest BCUT2D eigenvalue weighted by Crippen LogP contribution is 2.29. The Balaban J connectivity index is 1.46. The molecule has 0 aliphatic carbocycles. The van der Waals surface area contributed by atoms with Crippen LogP contribution in [0.15, 0.2) is 109 Å². The molecule has 0 bridgehead atoms. The third kappa shape index (κ3) is 3.97. The molecule has 0 atom stereocenters. The first kappa shape index (κ1) is 19.6. The van der Waals surface area contributed by atoms with Crippen LogP contribution in [0, 0.1) is 11.3 Å². The normalized spacial score (nSPS) is 11.4. The lowest BCUT2D eigenvalue weighted by molar-refractivity contribution is 0.306. The minimum Gasteiger partial charge on any atom is -0.488 e. The monoisotopic (exact) mass is 411 g/mol. The fraction of sp³-hybridized carbons (Fsp3) is 0.0333. The van der Waals surface area contributed by atoms with Gasteiger partial charge in [0, 0.05) is 11.1 Å². The number of para-hydroxylation sites is 1. The van der Waals surface area contributed by atoms with Gasteiger partial charge in [-0.3, -0.25) is 0 Å². The molecule has 32 heavy (non-hydrogen) atoms. The Morgan fingerprint density at radius 3 is 2.31 bits per heavy atom. The summed E-state index contributed by atoms with van der Waals surface area (Å²) in [6, 6.07) is 39.1. The zero-order valence-electron chi connectivity index (χ0n) is 17.5. The smallest absolute Gasteiger partial charge is 0.127 e. The third-order valence-electron chi connectivity index (χ3n) is 5.63. The van der Waals surface area contributed by atoms with Crippen molar-refractivity contribution in [3.63, 3.8) is 0 Å². The predicted octanol–water partition coefficient (Wildman–Crippen LogP) is 7.64. The van der Waals surface area contributed by atoms with Crippen LogP contribution < -0.4 is 4.74 Å². The summed E-state index contributed by atoms with van der Waals surface area (Å²) in [5.74, 6) is 0.758. The van der Waals surface area contributed by atoms with Crippen LogP contribution in [0.2, 0.25) is 0 Å². The molecule has 0 heterocycles. The van der Waals surface area contributed by atoms with Crippen molar-refractivity contribution in [1.29, 1.82) is 5.26 Å². The maximum Gasteiger partial charge on any atom is 0.127 e. The summed E-state index contributed by atoms with van der Waals surface area (Å²) in [4.78, 5) is 0. The Bertz CT molecular complexity index is 1480. The van der Waals surface area contributed by atoms with Gasteiger partial charge in [-0.25, -0.2) is 0 Å². The predicted molar refractivity (Wildman–Crippen MR) is 132 cm³/mol. The summed E-state index contributed by atoms with van der Waals surface area (Å²) in [5, 5.41) is 14.5. The number of ether oxygens (including phenoxy) is 1. The number of allylic oxidation sites excluding steroid dienone is 1. The molecule has 2 nitrogen and oxygen atoms in total. The first-order valence-electron chi connectivity index (χ1n) is 10.6.